The van der Waals surface area contributed by atoms with Gasteiger partial charge in [0.1, 0.15) is 17.8 Å². The Kier molecular flexibility index (Phi) is 4.26. The Morgan fingerprint density at radius 2 is 2.14 bits per heavy atom. The van der Waals surface area contributed by atoms with Gasteiger partial charge in [0.15, 0.2) is 0 Å². The SMILES string of the molecule is CC(C)(C)OC(=O)N1CCC(Oc2nccnc2C#N)C1. The van der Waals surface area contributed by atoms with E-state index in [-0.39, 0.29) is 23.8 Å². The third-order valence-corrected chi connectivity index (χ3v) is 2.85. The second kappa shape index (κ2) is 5.95. The van der Waals surface area contributed by atoms with Crippen LogP contribution < -0.4 is 4.74 Å². The molecule has 1 unspecified atom stereocenters. The van der Waals surface area contributed by atoms with Gasteiger partial charge in [-0.25, -0.2) is 14.8 Å². The molecule has 7 heteroatoms. The van der Waals surface area contributed by atoms with Gasteiger partial charge >= 0.3 is 6.09 Å². The zero-order valence-electron chi connectivity index (χ0n) is 12.4. The predicted octanol–water partition coefficient (Wildman–Crippen LogP) is 1.74. The normalized spacial score (nSPS) is 18.2. The number of likely N-dealkylation sites (tertiary alicyclic amines) is 1. The molecule has 112 valence electrons. The second-order valence-corrected chi connectivity index (χ2v) is 5.78. The molecule has 0 N–H and O–H groups in total. The maximum absolute atomic E-state index is 11.9. The van der Waals surface area contributed by atoms with E-state index in [0.29, 0.717) is 19.5 Å². The monoisotopic (exact) mass is 290 g/mol. The fraction of sp³-hybridized carbons (Fsp3) is 0.571. The van der Waals surface area contributed by atoms with E-state index in [0.717, 1.165) is 0 Å². The van der Waals surface area contributed by atoms with E-state index in [2.05, 4.69) is 9.97 Å². The van der Waals surface area contributed by atoms with E-state index in [4.69, 9.17) is 14.7 Å². The highest BCUT2D eigenvalue weighted by atomic mass is 16.6. The summed E-state index contributed by atoms with van der Waals surface area (Å²) in [6.07, 6.45) is 3.01. The first kappa shape index (κ1) is 15.0. The molecule has 21 heavy (non-hydrogen) atoms. The van der Waals surface area contributed by atoms with E-state index >= 15 is 0 Å². The predicted molar refractivity (Wildman–Crippen MR) is 73.6 cm³/mol. The summed E-state index contributed by atoms with van der Waals surface area (Å²) in [4.78, 5) is 21.4. The Hall–Kier alpha value is -2.36. The summed E-state index contributed by atoms with van der Waals surface area (Å²) in [5.41, 5.74) is -0.372. The number of aromatic nitrogens is 2. The van der Waals surface area contributed by atoms with Crippen LogP contribution in [-0.4, -0.2) is 45.8 Å². The molecule has 0 radical (unpaired) electrons. The van der Waals surface area contributed by atoms with Crippen molar-refractivity contribution in [3.05, 3.63) is 18.1 Å². The van der Waals surface area contributed by atoms with Crippen LogP contribution in [0.3, 0.4) is 0 Å². The lowest BCUT2D eigenvalue weighted by Crippen LogP contribution is -2.36. The topological polar surface area (TPSA) is 88.3 Å². The molecular formula is C14H18N4O3. The Morgan fingerprint density at radius 1 is 1.43 bits per heavy atom. The average Bonchev–Trinajstić information content (AvgIpc) is 2.86. The maximum Gasteiger partial charge on any atom is 0.410 e. The van der Waals surface area contributed by atoms with Crippen LogP contribution in [0.4, 0.5) is 4.79 Å². The fourth-order valence-electron chi connectivity index (χ4n) is 1.96. The van der Waals surface area contributed by atoms with Crippen LogP contribution in [0.5, 0.6) is 5.88 Å². The van der Waals surface area contributed by atoms with Crippen LogP contribution >= 0.6 is 0 Å². The summed E-state index contributed by atoms with van der Waals surface area (Å²) in [5, 5.41) is 8.94. The molecule has 0 bridgehead atoms. The molecule has 0 aliphatic carbocycles. The molecule has 1 aromatic rings. The molecule has 2 heterocycles. The third kappa shape index (κ3) is 4.05. The quantitative estimate of drug-likeness (QED) is 0.824. The molecule has 1 aromatic heterocycles. The number of nitriles is 1. The van der Waals surface area contributed by atoms with Crippen LogP contribution in [0.15, 0.2) is 12.4 Å². The summed E-state index contributed by atoms with van der Waals surface area (Å²) < 4.78 is 11.0. The van der Waals surface area contributed by atoms with E-state index < -0.39 is 5.60 Å². The molecule has 0 aromatic carbocycles. The molecule has 2 rings (SSSR count). The zero-order valence-corrected chi connectivity index (χ0v) is 12.4. The summed E-state index contributed by atoms with van der Waals surface area (Å²) in [5.74, 6) is 0.205. The Balaban J connectivity index is 1.94. The average molecular weight is 290 g/mol. The van der Waals surface area contributed by atoms with E-state index in [1.165, 1.54) is 12.4 Å². The van der Waals surface area contributed by atoms with Gasteiger partial charge in [0, 0.05) is 25.4 Å². The largest absolute Gasteiger partial charge is 0.470 e. The van der Waals surface area contributed by atoms with Crippen molar-refractivity contribution in [2.24, 2.45) is 0 Å². The first-order chi connectivity index (χ1) is 9.89. The Labute approximate surface area is 123 Å². The Bertz CT molecular complexity index is 562. The minimum Gasteiger partial charge on any atom is -0.470 e. The lowest BCUT2D eigenvalue weighted by atomic mass is 10.2. The standard InChI is InChI=1S/C14H18N4O3/c1-14(2,3)21-13(19)18-7-4-10(9-18)20-12-11(8-15)16-5-6-17-12/h5-6,10H,4,7,9H2,1-3H3. The smallest absolute Gasteiger partial charge is 0.410 e. The third-order valence-electron chi connectivity index (χ3n) is 2.85. The number of ether oxygens (including phenoxy) is 2. The number of nitrogens with zero attached hydrogens (tertiary/aromatic N) is 4. The second-order valence-electron chi connectivity index (χ2n) is 5.78. The van der Waals surface area contributed by atoms with Crippen molar-refractivity contribution in [1.82, 2.24) is 14.9 Å². The molecule has 1 saturated heterocycles. The summed E-state index contributed by atoms with van der Waals surface area (Å²) in [6.45, 7) is 6.45. The minimum atomic E-state index is -0.519. The lowest BCUT2D eigenvalue weighted by molar-refractivity contribution is 0.0275. The number of amides is 1. The van der Waals surface area contributed by atoms with Gasteiger partial charge in [-0.2, -0.15) is 5.26 Å². The van der Waals surface area contributed by atoms with Crippen LogP contribution in [0.2, 0.25) is 0 Å². The highest BCUT2D eigenvalue weighted by Gasteiger charge is 2.31. The molecule has 7 nitrogen and oxygen atoms in total. The summed E-state index contributed by atoms with van der Waals surface area (Å²) >= 11 is 0. The minimum absolute atomic E-state index is 0.146. The molecule has 1 atom stereocenters. The van der Waals surface area contributed by atoms with Gasteiger partial charge in [-0.3, -0.25) is 0 Å². The number of hydrogen-bond acceptors (Lipinski definition) is 6. The van der Waals surface area contributed by atoms with E-state index in [1.54, 1.807) is 4.90 Å². The van der Waals surface area contributed by atoms with Gasteiger partial charge in [-0.05, 0) is 20.8 Å². The van der Waals surface area contributed by atoms with Gasteiger partial charge in [-0.15, -0.1) is 0 Å². The van der Waals surface area contributed by atoms with Gasteiger partial charge in [0.2, 0.25) is 5.69 Å². The highest BCUT2D eigenvalue weighted by molar-refractivity contribution is 5.68. The fourth-order valence-corrected chi connectivity index (χ4v) is 1.96. The highest BCUT2D eigenvalue weighted by Crippen LogP contribution is 2.20. The lowest BCUT2D eigenvalue weighted by Gasteiger charge is -2.24. The Morgan fingerprint density at radius 3 is 2.81 bits per heavy atom. The molecule has 0 saturated carbocycles. The molecule has 1 amide bonds. The van der Waals surface area contributed by atoms with E-state index in [1.807, 2.05) is 26.8 Å². The van der Waals surface area contributed by atoms with E-state index in [9.17, 15) is 4.79 Å². The molecule has 0 spiro atoms. The van der Waals surface area contributed by atoms with Crippen molar-refractivity contribution in [3.63, 3.8) is 0 Å². The summed E-state index contributed by atoms with van der Waals surface area (Å²) in [7, 11) is 0. The van der Waals surface area contributed by atoms with Crippen molar-refractivity contribution in [2.75, 3.05) is 13.1 Å². The number of rotatable bonds is 2. The first-order valence-electron chi connectivity index (χ1n) is 6.75. The molecular weight excluding hydrogens is 272 g/mol. The molecule has 1 fully saturated rings. The van der Waals surface area contributed by atoms with Gasteiger partial charge in [-0.1, -0.05) is 0 Å². The van der Waals surface area contributed by atoms with Crippen molar-refractivity contribution in [3.8, 4) is 11.9 Å². The van der Waals surface area contributed by atoms with Crippen molar-refractivity contribution >= 4 is 6.09 Å². The zero-order chi connectivity index (χ0) is 15.5. The van der Waals surface area contributed by atoms with Crippen molar-refractivity contribution in [1.29, 1.82) is 5.26 Å². The van der Waals surface area contributed by atoms with Crippen molar-refractivity contribution in [2.45, 2.75) is 38.9 Å². The first-order valence-corrected chi connectivity index (χ1v) is 6.75. The number of hydrogen-bond donors (Lipinski definition) is 0. The molecule has 1 aliphatic rings. The number of carbonyl (C=O) groups excluding carboxylic acids is 1. The van der Waals surface area contributed by atoms with Crippen LogP contribution in [0.1, 0.15) is 32.9 Å². The van der Waals surface area contributed by atoms with Crippen LogP contribution in [0.25, 0.3) is 0 Å². The van der Waals surface area contributed by atoms with Gasteiger partial charge < -0.3 is 14.4 Å². The van der Waals surface area contributed by atoms with Gasteiger partial charge in [0.05, 0.1) is 6.54 Å². The maximum atomic E-state index is 11.9. The van der Waals surface area contributed by atoms with Crippen LogP contribution in [-0.2, 0) is 4.74 Å². The number of carbonyl (C=O) groups is 1. The summed E-state index contributed by atoms with van der Waals surface area (Å²) in [6, 6.07) is 1.93. The van der Waals surface area contributed by atoms with Gasteiger partial charge in [0.25, 0.3) is 5.88 Å². The van der Waals surface area contributed by atoms with Crippen LogP contribution in [0, 0.1) is 11.3 Å². The molecule has 1 aliphatic heterocycles. The van der Waals surface area contributed by atoms with Crippen molar-refractivity contribution < 1.29 is 14.3 Å².